The van der Waals surface area contributed by atoms with Gasteiger partial charge in [0.25, 0.3) is 5.91 Å². The van der Waals surface area contributed by atoms with Crippen LogP contribution >= 0.6 is 0 Å². The van der Waals surface area contributed by atoms with Gasteiger partial charge in [-0.3, -0.25) is 9.59 Å². The van der Waals surface area contributed by atoms with Gasteiger partial charge in [-0.05, 0) is 24.9 Å². The zero-order valence-corrected chi connectivity index (χ0v) is 11.1. The van der Waals surface area contributed by atoms with Crippen molar-refractivity contribution in [1.82, 2.24) is 10.6 Å². The Morgan fingerprint density at radius 3 is 2.55 bits per heavy atom. The second-order valence-corrected chi connectivity index (χ2v) is 5.17. The summed E-state index contributed by atoms with van der Waals surface area (Å²) in [4.78, 5) is 28.5. The Bertz CT molecular complexity index is 547. The highest BCUT2D eigenvalue weighted by atomic mass is 16.2. The van der Waals surface area contributed by atoms with Gasteiger partial charge in [0.05, 0.1) is 6.04 Å². The summed E-state index contributed by atoms with van der Waals surface area (Å²) in [7, 11) is 0. The van der Waals surface area contributed by atoms with E-state index in [1.54, 1.807) is 12.1 Å². The van der Waals surface area contributed by atoms with Gasteiger partial charge in [-0.1, -0.05) is 36.8 Å². The zero-order valence-electron chi connectivity index (χ0n) is 11.1. The number of carbonyl (C=O) groups excluding carboxylic acids is 2. The Labute approximate surface area is 117 Å². The number of aliphatic imine (C=N–C) groups is 1. The molecule has 2 aliphatic heterocycles. The predicted molar refractivity (Wildman–Crippen MR) is 75.4 cm³/mol. The standard InChI is InChI=1S/C15H17N3O2/c19-14-12(10-6-2-1-3-7-10)15(20)18-13(17-14)11-8-4-5-9-16-11/h1-3,6-7,11-12,16H,4-5,8-9H2,(H,17,18,19,20). The first kappa shape index (κ1) is 13.0. The van der Waals surface area contributed by atoms with E-state index in [-0.39, 0.29) is 17.9 Å². The molecule has 0 bridgehead atoms. The van der Waals surface area contributed by atoms with E-state index < -0.39 is 5.92 Å². The summed E-state index contributed by atoms with van der Waals surface area (Å²) < 4.78 is 0. The lowest BCUT2D eigenvalue weighted by Crippen LogP contribution is -2.53. The SMILES string of the molecule is O=C1N=C(C2CCCCN2)NC(=O)C1c1ccccc1. The average molecular weight is 271 g/mol. The van der Waals surface area contributed by atoms with Gasteiger partial charge in [0.2, 0.25) is 5.91 Å². The molecule has 0 radical (unpaired) electrons. The van der Waals surface area contributed by atoms with Crippen LogP contribution in [0.5, 0.6) is 0 Å². The summed E-state index contributed by atoms with van der Waals surface area (Å²) >= 11 is 0. The van der Waals surface area contributed by atoms with Crippen molar-refractivity contribution in [2.24, 2.45) is 4.99 Å². The number of amides is 2. The van der Waals surface area contributed by atoms with Crippen LogP contribution in [-0.2, 0) is 9.59 Å². The quantitative estimate of drug-likeness (QED) is 0.787. The van der Waals surface area contributed by atoms with Gasteiger partial charge in [0, 0.05) is 0 Å². The maximum atomic E-state index is 12.2. The molecule has 1 saturated heterocycles. The molecule has 20 heavy (non-hydrogen) atoms. The molecule has 3 rings (SSSR count). The Kier molecular flexibility index (Phi) is 3.60. The third-order valence-corrected chi connectivity index (χ3v) is 3.76. The maximum absolute atomic E-state index is 12.2. The van der Waals surface area contributed by atoms with Gasteiger partial charge in [0.15, 0.2) is 0 Å². The monoisotopic (exact) mass is 271 g/mol. The number of benzene rings is 1. The van der Waals surface area contributed by atoms with E-state index in [9.17, 15) is 9.59 Å². The fourth-order valence-electron chi connectivity index (χ4n) is 2.71. The van der Waals surface area contributed by atoms with Crippen LogP contribution in [0.2, 0.25) is 0 Å². The molecule has 5 heteroatoms. The van der Waals surface area contributed by atoms with E-state index in [2.05, 4.69) is 15.6 Å². The summed E-state index contributed by atoms with van der Waals surface area (Å²) in [5, 5.41) is 6.08. The van der Waals surface area contributed by atoms with Crippen LogP contribution < -0.4 is 10.6 Å². The molecule has 104 valence electrons. The van der Waals surface area contributed by atoms with Crippen LogP contribution in [0, 0.1) is 0 Å². The molecule has 2 atom stereocenters. The number of rotatable bonds is 2. The number of amidine groups is 1. The van der Waals surface area contributed by atoms with Crippen molar-refractivity contribution in [2.75, 3.05) is 6.54 Å². The van der Waals surface area contributed by atoms with Crippen molar-refractivity contribution >= 4 is 17.6 Å². The molecule has 5 nitrogen and oxygen atoms in total. The molecule has 2 unspecified atom stereocenters. The van der Waals surface area contributed by atoms with Crippen molar-refractivity contribution < 1.29 is 9.59 Å². The molecule has 0 aliphatic carbocycles. The number of hydrogen-bond acceptors (Lipinski definition) is 3. The summed E-state index contributed by atoms with van der Waals surface area (Å²) in [5.74, 6) is -0.990. The topological polar surface area (TPSA) is 70.6 Å². The zero-order chi connectivity index (χ0) is 13.9. The molecular weight excluding hydrogens is 254 g/mol. The van der Waals surface area contributed by atoms with Crippen LogP contribution in [0.1, 0.15) is 30.7 Å². The molecule has 0 saturated carbocycles. The van der Waals surface area contributed by atoms with Gasteiger partial charge in [-0.2, -0.15) is 4.99 Å². The second-order valence-electron chi connectivity index (χ2n) is 5.17. The summed E-state index contributed by atoms with van der Waals surface area (Å²) in [6.45, 7) is 0.899. The van der Waals surface area contributed by atoms with Gasteiger partial charge in [-0.25, -0.2) is 0 Å². The van der Waals surface area contributed by atoms with Crippen molar-refractivity contribution in [3.8, 4) is 0 Å². The second kappa shape index (κ2) is 5.54. The molecule has 2 amide bonds. The first-order valence-corrected chi connectivity index (χ1v) is 6.97. The Hall–Kier alpha value is -2.01. The average Bonchev–Trinajstić information content (AvgIpc) is 2.48. The lowest BCUT2D eigenvalue weighted by Gasteiger charge is -2.28. The fourth-order valence-corrected chi connectivity index (χ4v) is 2.71. The largest absolute Gasteiger partial charge is 0.312 e. The van der Waals surface area contributed by atoms with Crippen molar-refractivity contribution in [3.05, 3.63) is 35.9 Å². The summed E-state index contributed by atoms with van der Waals surface area (Å²) in [6.07, 6.45) is 3.11. The third-order valence-electron chi connectivity index (χ3n) is 3.76. The van der Waals surface area contributed by atoms with E-state index in [1.165, 1.54) is 0 Å². The van der Waals surface area contributed by atoms with Gasteiger partial charge in [-0.15, -0.1) is 0 Å². The first-order chi connectivity index (χ1) is 9.75. The molecular formula is C15H17N3O2. The molecule has 0 aromatic heterocycles. The third kappa shape index (κ3) is 2.49. The van der Waals surface area contributed by atoms with Gasteiger partial charge >= 0.3 is 0 Å². The molecule has 2 heterocycles. The normalized spacial score (nSPS) is 26.9. The Balaban J connectivity index is 1.83. The van der Waals surface area contributed by atoms with Crippen LogP contribution in [0.15, 0.2) is 35.3 Å². The molecule has 2 aliphatic rings. The van der Waals surface area contributed by atoms with Crippen LogP contribution in [0.3, 0.4) is 0 Å². The van der Waals surface area contributed by atoms with Crippen molar-refractivity contribution in [3.63, 3.8) is 0 Å². The molecule has 0 spiro atoms. The Morgan fingerprint density at radius 2 is 1.90 bits per heavy atom. The minimum atomic E-state index is -0.816. The highest BCUT2D eigenvalue weighted by Gasteiger charge is 2.35. The van der Waals surface area contributed by atoms with Crippen LogP contribution in [0.4, 0.5) is 0 Å². The van der Waals surface area contributed by atoms with Gasteiger partial charge < -0.3 is 10.6 Å². The van der Waals surface area contributed by atoms with E-state index in [1.807, 2.05) is 18.2 Å². The molecule has 2 N–H and O–H groups in total. The maximum Gasteiger partial charge on any atom is 0.264 e. The fraction of sp³-hybridized carbons (Fsp3) is 0.400. The van der Waals surface area contributed by atoms with E-state index in [0.29, 0.717) is 11.4 Å². The lowest BCUT2D eigenvalue weighted by molar-refractivity contribution is -0.129. The minimum absolute atomic E-state index is 0.00614. The number of nitrogens with one attached hydrogen (secondary N) is 2. The van der Waals surface area contributed by atoms with E-state index in [0.717, 1.165) is 25.8 Å². The van der Waals surface area contributed by atoms with E-state index >= 15 is 0 Å². The molecule has 1 aromatic carbocycles. The van der Waals surface area contributed by atoms with Crippen LogP contribution in [-0.4, -0.2) is 30.2 Å². The summed E-state index contributed by atoms with van der Waals surface area (Å²) in [5.41, 5.74) is 0.689. The predicted octanol–water partition coefficient (Wildman–Crippen LogP) is 0.967. The number of nitrogens with zero attached hydrogens (tertiary/aromatic N) is 1. The number of piperidine rings is 1. The first-order valence-electron chi connectivity index (χ1n) is 6.97. The highest BCUT2D eigenvalue weighted by Crippen LogP contribution is 2.21. The minimum Gasteiger partial charge on any atom is -0.312 e. The van der Waals surface area contributed by atoms with Crippen molar-refractivity contribution in [2.45, 2.75) is 31.2 Å². The Morgan fingerprint density at radius 1 is 1.10 bits per heavy atom. The van der Waals surface area contributed by atoms with Crippen molar-refractivity contribution in [1.29, 1.82) is 0 Å². The number of carbonyl (C=O) groups is 2. The molecule has 1 aromatic rings. The number of hydrogen-bond donors (Lipinski definition) is 2. The summed E-state index contributed by atoms with van der Waals surface area (Å²) in [6, 6.07) is 9.04. The van der Waals surface area contributed by atoms with Crippen LogP contribution in [0.25, 0.3) is 0 Å². The smallest absolute Gasteiger partial charge is 0.264 e. The van der Waals surface area contributed by atoms with E-state index in [4.69, 9.17) is 0 Å². The highest BCUT2D eigenvalue weighted by molar-refractivity contribution is 6.20. The molecule has 1 fully saturated rings. The lowest BCUT2D eigenvalue weighted by atomic mass is 9.95. The van der Waals surface area contributed by atoms with Gasteiger partial charge in [0.1, 0.15) is 11.8 Å².